The van der Waals surface area contributed by atoms with E-state index in [0.717, 1.165) is 32.2 Å². The Kier molecular flexibility index (Phi) is 5.61. The molecule has 0 aromatic heterocycles. The number of nitriles is 1. The van der Waals surface area contributed by atoms with Crippen molar-refractivity contribution in [2.24, 2.45) is 0 Å². The molecular formula is C13H24N2O2S. The molecular weight excluding hydrogens is 248 g/mol. The van der Waals surface area contributed by atoms with E-state index in [9.17, 15) is 8.42 Å². The van der Waals surface area contributed by atoms with Crippen LogP contribution >= 0.6 is 0 Å². The molecule has 1 saturated carbocycles. The van der Waals surface area contributed by atoms with Crippen molar-refractivity contribution in [2.45, 2.75) is 63.3 Å². The van der Waals surface area contributed by atoms with Gasteiger partial charge in [0.25, 0.3) is 0 Å². The van der Waals surface area contributed by atoms with Crippen LogP contribution in [0.4, 0.5) is 0 Å². The molecule has 5 heteroatoms. The molecule has 4 nitrogen and oxygen atoms in total. The van der Waals surface area contributed by atoms with Crippen LogP contribution in [0.3, 0.4) is 0 Å². The molecule has 2 unspecified atom stereocenters. The van der Waals surface area contributed by atoms with Crippen LogP contribution in [0.1, 0.15) is 46.0 Å². The van der Waals surface area contributed by atoms with E-state index in [1.54, 1.807) is 0 Å². The number of rotatable bonds is 5. The minimum Gasteiger partial charge on any atom is -0.297 e. The zero-order chi connectivity index (χ0) is 13.8. The highest BCUT2D eigenvalue weighted by molar-refractivity contribution is 7.91. The van der Waals surface area contributed by atoms with E-state index in [1.165, 1.54) is 6.26 Å². The van der Waals surface area contributed by atoms with E-state index in [4.69, 9.17) is 5.26 Å². The maximum absolute atomic E-state index is 11.7. The fourth-order valence-corrected chi connectivity index (χ4v) is 4.02. The molecule has 104 valence electrons. The quantitative estimate of drug-likeness (QED) is 0.767. The highest BCUT2D eigenvalue weighted by Gasteiger charge is 2.32. The first-order valence-electron chi connectivity index (χ1n) is 6.67. The lowest BCUT2D eigenvalue weighted by Crippen LogP contribution is -2.45. The second-order valence-electron chi connectivity index (χ2n) is 5.51. The van der Waals surface area contributed by atoms with Crippen LogP contribution in [0.25, 0.3) is 0 Å². The first-order chi connectivity index (χ1) is 8.36. The van der Waals surface area contributed by atoms with Gasteiger partial charge in [-0.1, -0.05) is 6.42 Å². The molecule has 0 saturated heterocycles. The second-order valence-corrected chi connectivity index (χ2v) is 7.84. The van der Waals surface area contributed by atoms with Gasteiger partial charge in [0.2, 0.25) is 0 Å². The summed E-state index contributed by atoms with van der Waals surface area (Å²) in [6.45, 7) is 4.97. The van der Waals surface area contributed by atoms with Gasteiger partial charge in [-0.05, 0) is 33.1 Å². The average Bonchev–Trinajstić information content (AvgIpc) is 2.28. The zero-order valence-corrected chi connectivity index (χ0v) is 12.4. The molecule has 0 heterocycles. The molecule has 0 aromatic carbocycles. The number of hydrogen-bond acceptors (Lipinski definition) is 4. The van der Waals surface area contributed by atoms with E-state index in [2.05, 4.69) is 24.8 Å². The van der Waals surface area contributed by atoms with Crippen LogP contribution in [-0.2, 0) is 9.84 Å². The molecule has 0 radical (unpaired) electrons. The van der Waals surface area contributed by atoms with Crippen LogP contribution in [0.5, 0.6) is 0 Å². The zero-order valence-electron chi connectivity index (χ0n) is 11.6. The van der Waals surface area contributed by atoms with Crippen molar-refractivity contribution in [3.63, 3.8) is 0 Å². The van der Waals surface area contributed by atoms with E-state index in [0.29, 0.717) is 18.5 Å². The van der Waals surface area contributed by atoms with Gasteiger partial charge < -0.3 is 0 Å². The lowest BCUT2D eigenvalue weighted by atomic mass is 9.92. The molecule has 0 aliphatic heterocycles. The van der Waals surface area contributed by atoms with E-state index in [-0.39, 0.29) is 5.25 Å². The highest BCUT2D eigenvalue weighted by Crippen LogP contribution is 2.28. The van der Waals surface area contributed by atoms with Gasteiger partial charge in [0.05, 0.1) is 11.3 Å². The Morgan fingerprint density at radius 3 is 2.56 bits per heavy atom. The fourth-order valence-electron chi connectivity index (χ4n) is 2.85. The number of nitrogens with zero attached hydrogens (tertiary/aromatic N) is 2. The molecule has 18 heavy (non-hydrogen) atoms. The largest absolute Gasteiger partial charge is 0.297 e. The Bertz CT molecular complexity index is 398. The molecule has 0 spiro atoms. The predicted octanol–water partition coefficient (Wildman–Crippen LogP) is 1.97. The molecule has 0 N–H and O–H groups in total. The third-order valence-electron chi connectivity index (χ3n) is 3.82. The first-order valence-corrected chi connectivity index (χ1v) is 8.63. The highest BCUT2D eigenvalue weighted by atomic mass is 32.2. The summed E-state index contributed by atoms with van der Waals surface area (Å²) in [5.41, 5.74) is 0. The average molecular weight is 272 g/mol. The van der Waals surface area contributed by atoms with Crippen molar-refractivity contribution < 1.29 is 8.42 Å². The van der Waals surface area contributed by atoms with Crippen LogP contribution in [0.15, 0.2) is 0 Å². The molecule has 1 aliphatic rings. The minimum absolute atomic E-state index is 0.195. The van der Waals surface area contributed by atoms with Crippen molar-refractivity contribution in [1.82, 2.24) is 4.90 Å². The topological polar surface area (TPSA) is 61.2 Å². The van der Waals surface area contributed by atoms with E-state index in [1.807, 2.05) is 0 Å². The summed E-state index contributed by atoms with van der Waals surface area (Å²) in [6, 6.07) is 2.85. The summed E-state index contributed by atoms with van der Waals surface area (Å²) in [5.74, 6) is 0. The summed E-state index contributed by atoms with van der Waals surface area (Å²) < 4.78 is 23.3. The maximum atomic E-state index is 11.7. The van der Waals surface area contributed by atoms with Crippen molar-refractivity contribution in [1.29, 1.82) is 5.26 Å². The summed E-state index contributed by atoms with van der Waals surface area (Å²) in [5, 5.41) is 8.51. The third-order valence-corrected chi connectivity index (χ3v) is 5.46. The summed E-state index contributed by atoms with van der Waals surface area (Å²) >= 11 is 0. The molecule has 0 aromatic rings. The van der Waals surface area contributed by atoms with Gasteiger partial charge >= 0.3 is 0 Å². The molecule has 1 rings (SSSR count). The Morgan fingerprint density at radius 1 is 1.39 bits per heavy atom. The molecule has 0 amide bonds. The number of hydrogen-bond donors (Lipinski definition) is 0. The molecule has 1 aliphatic carbocycles. The normalized spacial score (nSPS) is 25.3. The lowest BCUT2D eigenvalue weighted by molar-refractivity contribution is 0.124. The van der Waals surface area contributed by atoms with Gasteiger partial charge in [0.1, 0.15) is 9.84 Å². The monoisotopic (exact) mass is 272 g/mol. The van der Waals surface area contributed by atoms with E-state index >= 15 is 0 Å². The van der Waals surface area contributed by atoms with Crippen LogP contribution in [0.2, 0.25) is 0 Å². The Morgan fingerprint density at radius 2 is 2.06 bits per heavy atom. The van der Waals surface area contributed by atoms with Crippen LogP contribution in [-0.4, -0.2) is 43.5 Å². The van der Waals surface area contributed by atoms with Gasteiger partial charge in [-0.25, -0.2) is 8.42 Å². The van der Waals surface area contributed by atoms with Crippen molar-refractivity contribution in [3.8, 4) is 6.07 Å². The Balaban J connectivity index is 2.71. The molecule has 0 bridgehead atoms. The van der Waals surface area contributed by atoms with Gasteiger partial charge in [-0.2, -0.15) is 5.26 Å². The first kappa shape index (κ1) is 15.5. The van der Waals surface area contributed by atoms with E-state index < -0.39 is 9.84 Å². The fraction of sp³-hybridized carbons (Fsp3) is 0.923. The standard InChI is InChI=1S/C13H24N2O2S/c1-11(2)15(9-5-8-14)12-6-4-7-13(10-12)18(3,16)17/h11-13H,4-7,9-10H2,1-3H3. The van der Waals surface area contributed by atoms with Crippen molar-refractivity contribution in [3.05, 3.63) is 0 Å². The predicted molar refractivity (Wildman–Crippen MR) is 73.0 cm³/mol. The molecule has 1 fully saturated rings. The molecule has 2 atom stereocenters. The lowest BCUT2D eigenvalue weighted by Gasteiger charge is -2.39. The van der Waals surface area contributed by atoms with Crippen LogP contribution in [0, 0.1) is 11.3 Å². The van der Waals surface area contributed by atoms with Crippen molar-refractivity contribution in [2.75, 3.05) is 12.8 Å². The van der Waals surface area contributed by atoms with Crippen molar-refractivity contribution >= 4 is 9.84 Å². The number of sulfone groups is 1. The van der Waals surface area contributed by atoms with Gasteiger partial charge in [-0.3, -0.25) is 4.90 Å². The Labute approximate surface area is 111 Å². The maximum Gasteiger partial charge on any atom is 0.150 e. The summed E-state index contributed by atoms with van der Waals surface area (Å²) in [6.07, 6.45) is 5.39. The van der Waals surface area contributed by atoms with Gasteiger partial charge in [0, 0.05) is 31.3 Å². The minimum atomic E-state index is -2.93. The van der Waals surface area contributed by atoms with Crippen LogP contribution < -0.4 is 0 Å². The second kappa shape index (κ2) is 6.53. The summed E-state index contributed by atoms with van der Waals surface area (Å²) in [7, 11) is -2.93. The van der Waals surface area contributed by atoms with Gasteiger partial charge in [0.15, 0.2) is 0 Å². The van der Waals surface area contributed by atoms with Gasteiger partial charge in [-0.15, -0.1) is 0 Å². The third kappa shape index (κ3) is 4.25. The SMILES string of the molecule is CC(C)N(CCC#N)C1CCCC(S(C)(=O)=O)C1. The Hall–Kier alpha value is -0.600. The summed E-state index contributed by atoms with van der Waals surface area (Å²) in [4.78, 5) is 2.29. The smallest absolute Gasteiger partial charge is 0.150 e.